The zero-order chi connectivity index (χ0) is 15.9. The van der Waals surface area contributed by atoms with Crippen LogP contribution < -0.4 is 10.9 Å². The average Bonchev–Trinajstić information content (AvgIpc) is 2.53. The van der Waals surface area contributed by atoms with Gasteiger partial charge in [-0.25, -0.2) is 4.98 Å². The number of aryl methyl sites for hydroxylation is 1. The van der Waals surface area contributed by atoms with Gasteiger partial charge in [-0.05, 0) is 19.3 Å². The highest BCUT2D eigenvalue weighted by Gasteiger charge is 2.16. The number of nitriles is 1. The molecule has 1 aromatic rings. The maximum atomic E-state index is 11.9. The minimum Gasteiger partial charge on any atom is -0.353 e. The molecule has 0 unspecified atom stereocenters. The molecule has 1 heterocycles. The first-order chi connectivity index (χ1) is 10.6. The first kappa shape index (κ1) is 16.6. The van der Waals surface area contributed by atoms with Crippen molar-refractivity contribution in [2.75, 3.05) is 5.75 Å². The molecule has 1 aromatic heterocycles. The van der Waals surface area contributed by atoms with Crippen molar-refractivity contribution in [2.24, 2.45) is 0 Å². The van der Waals surface area contributed by atoms with Crippen molar-refractivity contribution in [3.05, 3.63) is 21.6 Å². The molecule has 118 valence electrons. The van der Waals surface area contributed by atoms with E-state index in [1.807, 2.05) is 13.0 Å². The molecule has 1 amide bonds. The van der Waals surface area contributed by atoms with Gasteiger partial charge >= 0.3 is 0 Å². The van der Waals surface area contributed by atoms with E-state index in [0.717, 1.165) is 12.8 Å². The number of H-pyrrole nitrogens is 1. The van der Waals surface area contributed by atoms with Gasteiger partial charge in [0.05, 0.1) is 11.4 Å². The van der Waals surface area contributed by atoms with E-state index in [1.165, 1.54) is 31.0 Å². The number of aromatic amines is 1. The molecule has 2 rings (SSSR count). The second kappa shape index (κ2) is 7.99. The zero-order valence-electron chi connectivity index (χ0n) is 12.6. The van der Waals surface area contributed by atoms with E-state index in [-0.39, 0.29) is 23.3 Å². The molecule has 7 heteroatoms. The molecule has 0 radical (unpaired) electrons. The van der Waals surface area contributed by atoms with Crippen molar-refractivity contribution in [3.63, 3.8) is 0 Å². The Bertz CT molecular complexity index is 629. The van der Waals surface area contributed by atoms with Crippen LogP contribution in [0.15, 0.2) is 9.95 Å². The maximum Gasteiger partial charge on any atom is 0.269 e. The lowest BCUT2D eigenvalue weighted by molar-refractivity contribution is -0.119. The van der Waals surface area contributed by atoms with E-state index >= 15 is 0 Å². The maximum absolute atomic E-state index is 11.9. The number of nitrogens with one attached hydrogen (secondary N) is 2. The summed E-state index contributed by atoms with van der Waals surface area (Å²) < 4.78 is 0. The molecule has 1 saturated carbocycles. The zero-order valence-corrected chi connectivity index (χ0v) is 13.5. The average molecular weight is 320 g/mol. The molecule has 0 saturated heterocycles. The van der Waals surface area contributed by atoms with Crippen LogP contribution in [0.5, 0.6) is 0 Å². The molecule has 1 aliphatic carbocycles. The summed E-state index contributed by atoms with van der Waals surface area (Å²) in [5.74, 6) is 0.177. The van der Waals surface area contributed by atoms with E-state index < -0.39 is 5.56 Å². The lowest BCUT2D eigenvalue weighted by Crippen LogP contribution is -2.37. The monoisotopic (exact) mass is 320 g/mol. The number of nitrogens with zero attached hydrogens (tertiary/aromatic N) is 2. The molecule has 6 nitrogen and oxygen atoms in total. The highest BCUT2D eigenvalue weighted by molar-refractivity contribution is 7.99. The Morgan fingerprint density at radius 2 is 2.18 bits per heavy atom. The van der Waals surface area contributed by atoms with Gasteiger partial charge in [-0.3, -0.25) is 9.59 Å². The minimum atomic E-state index is -0.440. The largest absolute Gasteiger partial charge is 0.353 e. The number of thioether (sulfide) groups is 1. The van der Waals surface area contributed by atoms with Crippen molar-refractivity contribution in [1.82, 2.24) is 15.3 Å². The molecule has 0 bridgehead atoms. The fourth-order valence-electron chi connectivity index (χ4n) is 2.59. The van der Waals surface area contributed by atoms with E-state index in [1.54, 1.807) is 0 Å². The van der Waals surface area contributed by atoms with Gasteiger partial charge in [-0.15, -0.1) is 0 Å². The molecular formula is C15H20N4O2S. The summed E-state index contributed by atoms with van der Waals surface area (Å²) in [6, 6.07) is 2.14. The Labute approximate surface area is 133 Å². The summed E-state index contributed by atoms with van der Waals surface area (Å²) in [5.41, 5.74) is 0.0875. The Balaban J connectivity index is 1.93. The van der Waals surface area contributed by atoms with E-state index in [4.69, 9.17) is 5.26 Å². The number of carbonyl (C=O) groups excluding carboxylic acids is 1. The van der Waals surface area contributed by atoms with E-state index in [2.05, 4.69) is 15.3 Å². The van der Waals surface area contributed by atoms with Gasteiger partial charge in [0.15, 0.2) is 5.16 Å². The van der Waals surface area contributed by atoms with Crippen molar-refractivity contribution < 1.29 is 4.79 Å². The number of carbonyl (C=O) groups is 1. The summed E-state index contributed by atoms with van der Waals surface area (Å²) >= 11 is 1.19. The summed E-state index contributed by atoms with van der Waals surface area (Å²) in [6.45, 7) is 1.84. The third-order valence-corrected chi connectivity index (χ3v) is 4.60. The topological polar surface area (TPSA) is 98.6 Å². The molecule has 2 N–H and O–H groups in total. The van der Waals surface area contributed by atoms with Gasteiger partial charge in [-0.1, -0.05) is 37.9 Å². The van der Waals surface area contributed by atoms with Gasteiger partial charge < -0.3 is 10.3 Å². The second-order valence-electron chi connectivity index (χ2n) is 5.35. The second-order valence-corrected chi connectivity index (χ2v) is 6.31. The summed E-state index contributed by atoms with van der Waals surface area (Å²) in [7, 11) is 0. The normalized spacial score (nSPS) is 15.3. The van der Waals surface area contributed by atoms with Crippen molar-refractivity contribution in [2.45, 2.75) is 56.6 Å². The Hall–Kier alpha value is -1.81. The van der Waals surface area contributed by atoms with E-state index in [0.29, 0.717) is 17.3 Å². The highest BCUT2D eigenvalue weighted by atomic mass is 32.2. The number of rotatable bonds is 5. The van der Waals surface area contributed by atoms with Gasteiger partial charge in [0.25, 0.3) is 5.56 Å². The number of hydrogen-bond acceptors (Lipinski definition) is 5. The SMILES string of the molecule is CCc1nc(SCC(=O)NC2CCCCC2)[nH]c(=O)c1C#N. The fraction of sp³-hybridized carbons (Fsp3) is 0.600. The highest BCUT2D eigenvalue weighted by Crippen LogP contribution is 2.18. The van der Waals surface area contributed by atoms with Crippen LogP contribution in [0.25, 0.3) is 0 Å². The van der Waals surface area contributed by atoms with Crippen molar-refractivity contribution >= 4 is 17.7 Å². The third-order valence-electron chi connectivity index (χ3n) is 3.73. The van der Waals surface area contributed by atoms with Crippen LogP contribution in [-0.2, 0) is 11.2 Å². The first-order valence-electron chi connectivity index (χ1n) is 7.59. The van der Waals surface area contributed by atoms with Crippen LogP contribution in [0, 0.1) is 11.3 Å². The molecule has 0 spiro atoms. The van der Waals surface area contributed by atoms with Gasteiger partial charge in [0.2, 0.25) is 5.91 Å². The van der Waals surface area contributed by atoms with Crippen LogP contribution in [-0.4, -0.2) is 27.7 Å². The summed E-state index contributed by atoms with van der Waals surface area (Å²) in [6.07, 6.45) is 6.18. The predicted molar refractivity (Wildman–Crippen MR) is 84.7 cm³/mol. The van der Waals surface area contributed by atoms with Crippen LogP contribution in [0.4, 0.5) is 0 Å². The molecule has 0 aliphatic heterocycles. The number of hydrogen-bond donors (Lipinski definition) is 2. The van der Waals surface area contributed by atoms with Crippen LogP contribution in [0.3, 0.4) is 0 Å². The quantitative estimate of drug-likeness (QED) is 0.636. The van der Waals surface area contributed by atoms with Gasteiger partial charge in [0, 0.05) is 6.04 Å². The van der Waals surface area contributed by atoms with E-state index in [9.17, 15) is 9.59 Å². The van der Waals surface area contributed by atoms with Gasteiger partial charge in [-0.2, -0.15) is 5.26 Å². The molecule has 0 atom stereocenters. The lowest BCUT2D eigenvalue weighted by Gasteiger charge is -2.22. The minimum absolute atomic E-state index is 0.0399. The van der Waals surface area contributed by atoms with Crippen LogP contribution >= 0.6 is 11.8 Å². The first-order valence-corrected chi connectivity index (χ1v) is 8.58. The Morgan fingerprint density at radius 3 is 2.82 bits per heavy atom. The molecular weight excluding hydrogens is 300 g/mol. The lowest BCUT2D eigenvalue weighted by atomic mass is 9.95. The molecule has 1 fully saturated rings. The van der Waals surface area contributed by atoms with Crippen molar-refractivity contribution in [3.8, 4) is 6.07 Å². The fourth-order valence-corrected chi connectivity index (χ4v) is 3.28. The van der Waals surface area contributed by atoms with Crippen LogP contribution in [0.1, 0.15) is 50.3 Å². The Kier molecular flexibility index (Phi) is 6.01. The predicted octanol–water partition coefficient (Wildman–Crippen LogP) is 1.74. The summed E-state index contributed by atoms with van der Waals surface area (Å²) in [4.78, 5) is 30.5. The number of amides is 1. The van der Waals surface area contributed by atoms with Crippen LogP contribution in [0.2, 0.25) is 0 Å². The molecule has 0 aromatic carbocycles. The standard InChI is InChI=1S/C15H20N4O2S/c1-2-12-11(8-16)14(21)19-15(18-12)22-9-13(20)17-10-6-4-3-5-7-10/h10H,2-7,9H2,1H3,(H,17,20)(H,18,19,21). The Morgan fingerprint density at radius 1 is 1.45 bits per heavy atom. The summed E-state index contributed by atoms with van der Waals surface area (Å²) in [5, 5.41) is 12.4. The molecule has 22 heavy (non-hydrogen) atoms. The van der Waals surface area contributed by atoms with Gasteiger partial charge in [0.1, 0.15) is 11.6 Å². The number of aromatic nitrogens is 2. The smallest absolute Gasteiger partial charge is 0.269 e. The third kappa shape index (κ3) is 4.34. The molecule has 1 aliphatic rings. The van der Waals surface area contributed by atoms with Crippen molar-refractivity contribution in [1.29, 1.82) is 5.26 Å².